The van der Waals surface area contributed by atoms with Crippen molar-refractivity contribution in [1.29, 1.82) is 0 Å². The van der Waals surface area contributed by atoms with Crippen molar-refractivity contribution in [2.45, 2.75) is 17.2 Å². The Balaban J connectivity index is 2.49. The first-order valence-electron chi connectivity index (χ1n) is 8.79. The summed E-state index contributed by atoms with van der Waals surface area (Å²) in [6.07, 6.45) is -5.89. The number of methoxy groups -OCH3 is 1. The number of aromatic nitrogens is 2. The van der Waals surface area contributed by atoms with Crippen molar-refractivity contribution in [1.82, 2.24) is 9.97 Å². The van der Waals surface area contributed by atoms with Gasteiger partial charge in [-0.1, -0.05) is 11.6 Å². The Bertz CT molecular complexity index is 1290. The molecule has 0 spiro atoms. The summed E-state index contributed by atoms with van der Waals surface area (Å²) >= 11 is 6.38. The zero-order chi connectivity index (χ0) is 23.8. The molecule has 0 saturated carbocycles. The van der Waals surface area contributed by atoms with Crippen molar-refractivity contribution in [2.75, 3.05) is 19.5 Å². The number of benzene rings is 2. The van der Waals surface area contributed by atoms with Crippen molar-refractivity contribution in [3.63, 3.8) is 0 Å². The molecule has 1 aromatic heterocycles. The third-order valence-electron chi connectivity index (χ3n) is 4.53. The van der Waals surface area contributed by atoms with Crippen LogP contribution < -0.4 is 11.2 Å². The molecule has 0 aliphatic heterocycles. The van der Waals surface area contributed by atoms with Crippen molar-refractivity contribution in [3.8, 4) is 11.1 Å². The lowest BCUT2D eigenvalue weighted by atomic mass is 9.96. The van der Waals surface area contributed by atoms with E-state index in [0.717, 1.165) is 0 Å². The van der Waals surface area contributed by atoms with Crippen LogP contribution in [0.15, 0.2) is 32.7 Å². The molecule has 3 rings (SSSR count). The van der Waals surface area contributed by atoms with E-state index in [1.807, 2.05) is 4.98 Å². The van der Waals surface area contributed by atoms with Gasteiger partial charge in [0.05, 0.1) is 34.2 Å². The maximum Gasteiger partial charge on any atom is 0.417 e. The van der Waals surface area contributed by atoms with Gasteiger partial charge in [0.15, 0.2) is 0 Å². The molecular formula is C19H14ClF5N2O4S. The van der Waals surface area contributed by atoms with Crippen LogP contribution in [0.5, 0.6) is 0 Å². The SMILES string of the molecule is COC(CO)CSc1c(-c2cc(Cl)c(F)cc2F)c(C(F)(F)F)cc2c(=O)[nH]c(=O)[nH]c12. The van der Waals surface area contributed by atoms with E-state index in [2.05, 4.69) is 4.98 Å². The number of alkyl halides is 3. The monoisotopic (exact) mass is 496 g/mol. The number of hydrogen-bond donors (Lipinski definition) is 3. The van der Waals surface area contributed by atoms with Crippen LogP contribution in [0.3, 0.4) is 0 Å². The molecule has 0 bridgehead atoms. The van der Waals surface area contributed by atoms with E-state index in [-0.39, 0.29) is 16.2 Å². The Labute approximate surface area is 185 Å². The molecule has 0 aliphatic rings. The van der Waals surface area contributed by atoms with Gasteiger partial charge in [-0.05, 0) is 12.1 Å². The molecule has 0 saturated heterocycles. The van der Waals surface area contributed by atoms with Crippen molar-refractivity contribution < 1.29 is 31.8 Å². The normalized spacial score (nSPS) is 13.0. The van der Waals surface area contributed by atoms with Crippen molar-refractivity contribution in [2.24, 2.45) is 0 Å². The number of halogens is 6. The first-order valence-corrected chi connectivity index (χ1v) is 10.2. The van der Waals surface area contributed by atoms with E-state index in [9.17, 15) is 36.6 Å². The zero-order valence-electron chi connectivity index (χ0n) is 16.1. The van der Waals surface area contributed by atoms with E-state index in [0.29, 0.717) is 30.0 Å². The van der Waals surface area contributed by atoms with Gasteiger partial charge >= 0.3 is 11.9 Å². The molecule has 1 unspecified atom stereocenters. The number of ether oxygens (including phenoxy) is 1. The first kappa shape index (κ1) is 24.2. The third kappa shape index (κ3) is 4.68. The van der Waals surface area contributed by atoms with Gasteiger partial charge in [0.25, 0.3) is 5.56 Å². The lowest BCUT2D eigenvalue weighted by molar-refractivity contribution is -0.137. The van der Waals surface area contributed by atoms with Gasteiger partial charge in [0, 0.05) is 35.0 Å². The highest BCUT2D eigenvalue weighted by atomic mass is 35.5. The van der Waals surface area contributed by atoms with Crippen LogP contribution >= 0.6 is 23.4 Å². The van der Waals surface area contributed by atoms with Gasteiger partial charge in [0.2, 0.25) is 0 Å². The molecule has 1 atom stereocenters. The largest absolute Gasteiger partial charge is 0.417 e. The van der Waals surface area contributed by atoms with Gasteiger partial charge in [0.1, 0.15) is 11.6 Å². The molecule has 3 aromatic rings. The molecule has 0 fully saturated rings. The number of aromatic amines is 2. The molecule has 32 heavy (non-hydrogen) atoms. The van der Waals surface area contributed by atoms with E-state index in [1.54, 1.807) is 0 Å². The number of aliphatic hydroxyl groups excluding tert-OH is 1. The molecule has 3 N–H and O–H groups in total. The lowest BCUT2D eigenvalue weighted by Crippen LogP contribution is -2.24. The van der Waals surface area contributed by atoms with E-state index in [4.69, 9.17) is 16.3 Å². The molecule has 2 aromatic carbocycles. The Morgan fingerprint density at radius 1 is 1.16 bits per heavy atom. The number of hydrogen-bond acceptors (Lipinski definition) is 5. The second kappa shape index (κ2) is 9.22. The van der Waals surface area contributed by atoms with Gasteiger partial charge in [-0.3, -0.25) is 9.78 Å². The van der Waals surface area contributed by atoms with Crippen molar-refractivity contribution in [3.05, 3.63) is 61.3 Å². The molecule has 0 amide bonds. The summed E-state index contributed by atoms with van der Waals surface area (Å²) in [6.45, 7) is -0.483. The predicted molar refractivity (Wildman–Crippen MR) is 109 cm³/mol. The van der Waals surface area contributed by atoms with Gasteiger partial charge < -0.3 is 14.8 Å². The van der Waals surface area contributed by atoms with Crippen LogP contribution in [0.1, 0.15) is 5.56 Å². The predicted octanol–water partition coefficient (Wildman–Crippen LogP) is 3.93. The fourth-order valence-electron chi connectivity index (χ4n) is 3.00. The average Bonchev–Trinajstić information content (AvgIpc) is 2.70. The van der Waals surface area contributed by atoms with Crippen LogP contribution in [0.4, 0.5) is 22.0 Å². The smallest absolute Gasteiger partial charge is 0.394 e. The Hall–Kier alpha value is -2.41. The molecule has 1 heterocycles. The number of H-pyrrole nitrogens is 2. The number of rotatable bonds is 6. The summed E-state index contributed by atoms with van der Waals surface area (Å²) in [5.74, 6) is -2.64. The summed E-state index contributed by atoms with van der Waals surface area (Å²) in [5.41, 5.74) is -5.22. The molecular weight excluding hydrogens is 483 g/mol. The van der Waals surface area contributed by atoms with Crippen LogP contribution in [0, 0.1) is 11.6 Å². The van der Waals surface area contributed by atoms with Crippen LogP contribution in [-0.2, 0) is 10.9 Å². The first-order chi connectivity index (χ1) is 15.0. The third-order valence-corrected chi connectivity index (χ3v) is 6.05. The van der Waals surface area contributed by atoms with Gasteiger partial charge in [-0.25, -0.2) is 13.6 Å². The molecule has 0 radical (unpaired) electrons. The summed E-state index contributed by atoms with van der Waals surface area (Å²) in [7, 11) is 1.26. The number of thioether (sulfide) groups is 1. The topological polar surface area (TPSA) is 95.2 Å². The highest BCUT2D eigenvalue weighted by Crippen LogP contribution is 2.46. The summed E-state index contributed by atoms with van der Waals surface area (Å²) in [4.78, 5) is 27.9. The second-order valence-electron chi connectivity index (χ2n) is 6.55. The van der Waals surface area contributed by atoms with E-state index in [1.165, 1.54) is 7.11 Å². The zero-order valence-corrected chi connectivity index (χ0v) is 17.6. The summed E-state index contributed by atoms with van der Waals surface area (Å²) in [6, 6.07) is 1.50. The minimum Gasteiger partial charge on any atom is -0.394 e. The highest BCUT2D eigenvalue weighted by Gasteiger charge is 2.37. The van der Waals surface area contributed by atoms with Gasteiger partial charge in [-0.15, -0.1) is 11.8 Å². The number of fused-ring (bicyclic) bond motifs is 1. The minimum absolute atomic E-state index is 0.123. The highest BCUT2D eigenvalue weighted by molar-refractivity contribution is 7.99. The fourth-order valence-corrected chi connectivity index (χ4v) is 4.43. The maximum absolute atomic E-state index is 14.7. The minimum atomic E-state index is -5.06. The van der Waals surface area contributed by atoms with E-state index >= 15 is 0 Å². The van der Waals surface area contributed by atoms with Crippen molar-refractivity contribution >= 4 is 34.3 Å². The molecule has 6 nitrogen and oxygen atoms in total. The van der Waals surface area contributed by atoms with Crippen LogP contribution in [-0.4, -0.2) is 40.6 Å². The fraction of sp³-hybridized carbons (Fsp3) is 0.263. The van der Waals surface area contributed by atoms with Gasteiger partial charge in [-0.2, -0.15) is 13.2 Å². The quantitative estimate of drug-likeness (QED) is 0.273. The number of nitrogens with one attached hydrogen (secondary N) is 2. The Kier molecular flexibility index (Phi) is 6.98. The standard InChI is InChI=1S/C19H14ClF5N2O4S/c1-31-7(5-28)6-32-16-14(8-3-11(20)13(22)4-12(8)21)10(19(23,24)25)2-9-15(16)26-18(30)27-17(9)29/h2-4,7,28H,5-6H2,1H3,(H2,26,27,29,30). The molecule has 0 aliphatic carbocycles. The van der Waals surface area contributed by atoms with Crippen LogP contribution in [0.25, 0.3) is 22.0 Å². The maximum atomic E-state index is 14.7. The lowest BCUT2D eigenvalue weighted by Gasteiger charge is -2.21. The average molecular weight is 497 g/mol. The molecule has 13 heteroatoms. The second-order valence-corrected chi connectivity index (χ2v) is 7.99. The number of aliphatic hydroxyl groups is 1. The summed E-state index contributed by atoms with van der Waals surface area (Å²) in [5, 5.41) is 8.20. The van der Waals surface area contributed by atoms with E-state index < -0.39 is 68.9 Å². The molecule has 172 valence electrons. The Morgan fingerprint density at radius 2 is 1.84 bits per heavy atom. The summed E-state index contributed by atoms with van der Waals surface area (Å²) < 4.78 is 75.4. The Morgan fingerprint density at radius 3 is 2.44 bits per heavy atom. The van der Waals surface area contributed by atoms with Crippen LogP contribution in [0.2, 0.25) is 5.02 Å².